The fraction of sp³-hybridized carbons (Fsp3) is 0.455. The van der Waals surface area contributed by atoms with Gasteiger partial charge in [0.15, 0.2) is 0 Å². The van der Waals surface area contributed by atoms with Crippen molar-refractivity contribution in [2.45, 2.75) is 65.2 Å². The molecule has 0 amide bonds. The lowest BCUT2D eigenvalue weighted by atomic mass is 9.95. The summed E-state index contributed by atoms with van der Waals surface area (Å²) in [4.78, 5) is 22.6. The van der Waals surface area contributed by atoms with Crippen molar-refractivity contribution in [3.63, 3.8) is 0 Å². The third-order valence-electron chi connectivity index (χ3n) is 4.53. The van der Waals surface area contributed by atoms with Crippen LogP contribution < -0.4 is 4.74 Å². The molecule has 2 rings (SSSR count). The van der Waals surface area contributed by atoms with Gasteiger partial charge in [0.25, 0.3) is 0 Å². The van der Waals surface area contributed by atoms with Gasteiger partial charge in [0.1, 0.15) is 5.75 Å². The van der Waals surface area contributed by atoms with E-state index in [0.29, 0.717) is 18.6 Å². The highest BCUT2D eigenvalue weighted by Gasteiger charge is 2.15. The largest absolute Gasteiger partial charge is 0.481 e. The van der Waals surface area contributed by atoms with Crippen molar-refractivity contribution in [3.05, 3.63) is 41.5 Å². The molecule has 0 spiro atoms. The van der Waals surface area contributed by atoms with Crippen LogP contribution in [0.3, 0.4) is 0 Å². The van der Waals surface area contributed by atoms with Gasteiger partial charge in [0.05, 0.1) is 0 Å². The number of carbonyl (C=O) groups is 2. The van der Waals surface area contributed by atoms with E-state index in [-0.39, 0.29) is 12.4 Å². The fourth-order valence-corrected chi connectivity index (χ4v) is 3.25. The first-order valence-corrected chi connectivity index (χ1v) is 9.46. The Hall–Kier alpha value is -2.36. The normalized spacial score (nSPS) is 10.8. The number of benzene rings is 2. The van der Waals surface area contributed by atoms with Crippen molar-refractivity contribution < 1.29 is 19.4 Å². The predicted octanol–water partition coefficient (Wildman–Crippen LogP) is 5.43. The van der Waals surface area contributed by atoms with Gasteiger partial charge in [-0.25, -0.2) is 0 Å². The number of aliphatic carboxylic acids is 1. The zero-order valence-electron chi connectivity index (χ0n) is 15.7. The van der Waals surface area contributed by atoms with Crippen LogP contribution in [0.2, 0.25) is 0 Å². The average Bonchev–Trinajstić information content (AvgIpc) is 2.60. The summed E-state index contributed by atoms with van der Waals surface area (Å²) in [6, 6.07) is 10.2. The molecule has 0 saturated carbocycles. The number of unbranched alkanes of at least 4 members (excludes halogenated alkanes) is 3. The number of hydrogen-bond donors (Lipinski definition) is 1. The molecule has 0 atom stereocenters. The zero-order chi connectivity index (χ0) is 18.9. The van der Waals surface area contributed by atoms with E-state index in [2.05, 4.69) is 18.2 Å². The second-order valence-electron chi connectivity index (χ2n) is 6.75. The van der Waals surface area contributed by atoms with Crippen molar-refractivity contribution in [2.24, 2.45) is 0 Å². The first kappa shape index (κ1) is 20.0. The van der Waals surface area contributed by atoms with E-state index in [1.807, 2.05) is 26.0 Å². The summed E-state index contributed by atoms with van der Waals surface area (Å²) in [5.74, 6) is -0.221. The number of ether oxygens (including phenoxy) is 1. The van der Waals surface area contributed by atoms with Gasteiger partial charge in [-0.3, -0.25) is 9.59 Å². The van der Waals surface area contributed by atoms with Crippen molar-refractivity contribution in [3.8, 4) is 5.75 Å². The van der Waals surface area contributed by atoms with Gasteiger partial charge in [-0.05, 0) is 55.0 Å². The minimum Gasteiger partial charge on any atom is -0.481 e. The van der Waals surface area contributed by atoms with Gasteiger partial charge >= 0.3 is 11.9 Å². The lowest BCUT2D eigenvalue weighted by molar-refractivity contribution is -0.137. The Balaban J connectivity index is 2.17. The number of carbonyl (C=O) groups excluding carboxylic acids is 1. The van der Waals surface area contributed by atoms with Crippen molar-refractivity contribution in [2.75, 3.05) is 0 Å². The van der Waals surface area contributed by atoms with E-state index in [0.717, 1.165) is 54.0 Å². The lowest BCUT2D eigenvalue weighted by Gasteiger charge is -2.16. The molecule has 0 aromatic heterocycles. The summed E-state index contributed by atoms with van der Waals surface area (Å²) < 4.78 is 5.72. The smallest absolute Gasteiger partial charge is 0.311 e. The molecule has 0 unspecified atom stereocenters. The van der Waals surface area contributed by atoms with Crippen LogP contribution in [0.5, 0.6) is 5.75 Å². The molecule has 0 bridgehead atoms. The highest BCUT2D eigenvalue weighted by atomic mass is 16.5. The zero-order valence-corrected chi connectivity index (χ0v) is 15.7. The van der Waals surface area contributed by atoms with E-state index >= 15 is 0 Å². The standard InChI is InChI=1S/C22H28O4/c1-3-10-21(25)26-22-16(2)15-17-11-8-9-12-18(17)19(22)13-6-4-5-7-14-20(23)24/h8-9,11-12,15H,3-7,10,13-14H2,1-2H3,(H,23,24). The molecule has 0 saturated heterocycles. The summed E-state index contributed by atoms with van der Waals surface area (Å²) in [5, 5.41) is 11.0. The summed E-state index contributed by atoms with van der Waals surface area (Å²) in [7, 11) is 0. The van der Waals surface area contributed by atoms with E-state index in [1.54, 1.807) is 0 Å². The summed E-state index contributed by atoms with van der Waals surface area (Å²) in [5.41, 5.74) is 2.07. The molecule has 0 radical (unpaired) electrons. The van der Waals surface area contributed by atoms with Crippen LogP contribution >= 0.6 is 0 Å². The number of hydrogen-bond acceptors (Lipinski definition) is 3. The van der Waals surface area contributed by atoms with Crippen LogP contribution in [0.15, 0.2) is 30.3 Å². The van der Waals surface area contributed by atoms with Crippen LogP contribution in [0, 0.1) is 6.92 Å². The quantitative estimate of drug-likeness (QED) is 0.350. The molecule has 0 heterocycles. The minimum absolute atomic E-state index is 0.186. The molecule has 0 fully saturated rings. The number of aryl methyl sites for hydroxylation is 2. The Morgan fingerprint density at radius 3 is 2.50 bits per heavy atom. The Labute approximate surface area is 155 Å². The maximum Gasteiger partial charge on any atom is 0.311 e. The van der Waals surface area contributed by atoms with Gasteiger partial charge in [-0.15, -0.1) is 0 Å². The molecule has 26 heavy (non-hydrogen) atoms. The number of carboxylic acids is 1. The van der Waals surface area contributed by atoms with Crippen molar-refractivity contribution >= 4 is 22.7 Å². The third-order valence-corrected chi connectivity index (χ3v) is 4.53. The second kappa shape index (κ2) is 9.95. The fourth-order valence-electron chi connectivity index (χ4n) is 3.25. The lowest BCUT2D eigenvalue weighted by Crippen LogP contribution is -2.10. The number of carboxylic acid groups (broad SMARTS) is 1. The molecule has 2 aromatic carbocycles. The molecular formula is C22H28O4. The minimum atomic E-state index is -0.736. The van der Waals surface area contributed by atoms with Crippen LogP contribution in [0.4, 0.5) is 0 Å². The molecular weight excluding hydrogens is 328 g/mol. The molecule has 0 aliphatic rings. The maximum atomic E-state index is 12.1. The topological polar surface area (TPSA) is 63.6 Å². The number of rotatable bonds is 10. The maximum absolute atomic E-state index is 12.1. The average molecular weight is 356 g/mol. The van der Waals surface area contributed by atoms with Gasteiger partial charge in [-0.1, -0.05) is 44.0 Å². The van der Waals surface area contributed by atoms with Gasteiger partial charge < -0.3 is 9.84 Å². The molecule has 0 aliphatic carbocycles. The van der Waals surface area contributed by atoms with Crippen molar-refractivity contribution in [1.29, 1.82) is 0 Å². The Morgan fingerprint density at radius 2 is 1.77 bits per heavy atom. The summed E-state index contributed by atoms with van der Waals surface area (Å²) in [6.45, 7) is 3.95. The third kappa shape index (κ3) is 5.58. The van der Waals surface area contributed by atoms with E-state index in [1.165, 1.54) is 0 Å². The van der Waals surface area contributed by atoms with Crippen LogP contribution in [-0.4, -0.2) is 17.0 Å². The van der Waals surface area contributed by atoms with E-state index in [9.17, 15) is 9.59 Å². The first-order chi connectivity index (χ1) is 12.5. The molecule has 140 valence electrons. The molecule has 1 N–H and O–H groups in total. The SMILES string of the molecule is CCCC(=O)Oc1c(C)cc2ccccc2c1CCCCCCC(=O)O. The highest BCUT2D eigenvalue weighted by molar-refractivity contribution is 5.90. The van der Waals surface area contributed by atoms with Crippen LogP contribution in [0.25, 0.3) is 10.8 Å². The summed E-state index contributed by atoms with van der Waals surface area (Å²) in [6.07, 6.45) is 5.77. The Bertz CT molecular complexity index is 764. The molecule has 2 aromatic rings. The van der Waals surface area contributed by atoms with E-state index < -0.39 is 5.97 Å². The predicted molar refractivity (Wildman–Crippen MR) is 104 cm³/mol. The van der Waals surface area contributed by atoms with E-state index in [4.69, 9.17) is 9.84 Å². The number of esters is 1. The monoisotopic (exact) mass is 356 g/mol. The van der Waals surface area contributed by atoms with Gasteiger partial charge in [-0.2, -0.15) is 0 Å². The first-order valence-electron chi connectivity index (χ1n) is 9.46. The van der Waals surface area contributed by atoms with Crippen molar-refractivity contribution in [1.82, 2.24) is 0 Å². The number of fused-ring (bicyclic) bond motifs is 1. The highest BCUT2D eigenvalue weighted by Crippen LogP contribution is 2.33. The molecule has 4 nitrogen and oxygen atoms in total. The van der Waals surface area contributed by atoms with Gasteiger partial charge in [0.2, 0.25) is 0 Å². The Kier molecular flexibility index (Phi) is 7.64. The Morgan fingerprint density at radius 1 is 1.04 bits per heavy atom. The second-order valence-corrected chi connectivity index (χ2v) is 6.75. The van der Waals surface area contributed by atoms with Crippen LogP contribution in [0.1, 0.15) is 63.0 Å². The molecule has 0 aliphatic heterocycles. The molecule has 4 heteroatoms. The summed E-state index contributed by atoms with van der Waals surface area (Å²) >= 11 is 0. The van der Waals surface area contributed by atoms with Crippen LogP contribution in [-0.2, 0) is 16.0 Å². The van der Waals surface area contributed by atoms with Gasteiger partial charge in [0, 0.05) is 18.4 Å².